The number of carbonyl (C=O) groups excluding carboxylic acids is 1. The molecule has 0 radical (unpaired) electrons. The molecule has 0 aliphatic carbocycles. The van der Waals surface area contributed by atoms with Gasteiger partial charge >= 0.3 is 0 Å². The van der Waals surface area contributed by atoms with Crippen molar-refractivity contribution in [3.63, 3.8) is 0 Å². The molecule has 0 bridgehead atoms. The number of hydrogen-bond acceptors (Lipinski definition) is 3. The van der Waals surface area contributed by atoms with Gasteiger partial charge in [-0.05, 0) is 44.0 Å². The number of benzene rings is 1. The molecule has 1 heterocycles. The summed E-state index contributed by atoms with van der Waals surface area (Å²) in [7, 11) is 0. The van der Waals surface area contributed by atoms with Crippen LogP contribution >= 0.6 is 15.9 Å². The largest absolute Gasteiger partial charge is 0.368 e. The maximum atomic E-state index is 11.7. The Morgan fingerprint density at radius 1 is 1.35 bits per heavy atom. The van der Waals surface area contributed by atoms with Crippen molar-refractivity contribution in [1.82, 2.24) is 4.90 Å². The first kappa shape index (κ1) is 15.5. The van der Waals surface area contributed by atoms with E-state index in [0.717, 1.165) is 35.8 Å². The van der Waals surface area contributed by atoms with Crippen molar-refractivity contribution >= 4 is 21.8 Å². The van der Waals surface area contributed by atoms with Crippen LogP contribution in [0.4, 0.5) is 0 Å². The van der Waals surface area contributed by atoms with E-state index in [1.165, 1.54) is 0 Å². The lowest BCUT2D eigenvalue weighted by molar-refractivity contribution is -0.125. The van der Waals surface area contributed by atoms with Crippen molar-refractivity contribution in [2.24, 2.45) is 11.5 Å². The third kappa shape index (κ3) is 3.40. The maximum absolute atomic E-state index is 11.7. The molecular weight excluding hydrogens is 318 g/mol. The van der Waals surface area contributed by atoms with Crippen LogP contribution in [0.3, 0.4) is 0 Å². The van der Waals surface area contributed by atoms with Crippen LogP contribution in [0.5, 0.6) is 0 Å². The lowest BCUT2D eigenvalue weighted by atomic mass is 9.92. The van der Waals surface area contributed by atoms with E-state index in [9.17, 15) is 4.79 Å². The minimum atomic E-state index is -0.243. The molecule has 1 aromatic rings. The predicted octanol–water partition coefficient (Wildman–Crippen LogP) is 2.18. The minimum Gasteiger partial charge on any atom is -0.368 e. The average Bonchev–Trinajstić information content (AvgIpc) is 2.41. The lowest BCUT2D eigenvalue weighted by Crippen LogP contribution is -2.52. The lowest BCUT2D eigenvalue weighted by Gasteiger charge is -2.41. The Hall–Kier alpha value is -0.910. The quantitative estimate of drug-likeness (QED) is 0.882. The van der Waals surface area contributed by atoms with Crippen molar-refractivity contribution in [3.8, 4) is 0 Å². The smallest absolute Gasteiger partial charge is 0.234 e. The van der Waals surface area contributed by atoms with Gasteiger partial charge in [0.15, 0.2) is 0 Å². The summed E-state index contributed by atoms with van der Waals surface area (Å²) in [6.07, 6.45) is 2.97. The van der Waals surface area contributed by atoms with E-state index in [4.69, 9.17) is 11.5 Å². The highest BCUT2D eigenvalue weighted by Crippen LogP contribution is 2.31. The molecule has 20 heavy (non-hydrogen) atoms. The molecule has 1 aliphatic rings. The summed E-state index contributed by atoms with van der Waals surface area (Å²) in [4.78, 5) is 13.9. The first-order valence-electron chi connectivity index (χ1n) is 7.07. The topological polar surface area (TPSA) is 72.3 Å². The van der Waals surface area contributed by atoms with E-state index >= 15 is 0 Å². The van der Waals surface area contributed by atoms with Gasteiger partial charge in [0.05, 0.1) is 12.1 Å². The second-order valence-corrected chi connectivity index (χ2v) is 6.42. The Labute approximate surface area is 128 Å². The molecule has 4 nitrogen and oxygen atoms in total. The van der Waals surface area contributed by atoms with Crippen LogP contribution < -0.4 is 11.5 Å². The van der Waals surface area contributed by atoms with Gasteiger partial charge in [-0.2, -0.15) is 0 Å². The highest BCUT2D eigenvalue weighted by atomic mass is 79.9. The standard InChI is InChI=1S/C15H22BrN3O/c1-10(17)14(11-5-7-12(16)8-6-11)19-9-3-2-4-13(19)15(18)20/h5-8,10,13-14H,2-4,9,17H2,1H3,(H2,18,20). The van der Waals surface area contributed by atoms with Gasteiger partial charge in [0.1, 0.15) is 0 Å². The van der Waals surface area contributed by atoms with E-state index in [1.54, 1.807) is 0 Å². The molecular formula is C15H22BrN3O. The second kappa shape index (κ2) is 6.70. The van der Waals surface area contributed by atoms with E-state index in [-0.39, 0.29) is 24.0 Å². The zero-order valence-electron chi connectivity index (χ0n) is 11.8. The number of likely N-dealkylation sites (tertiary alicyclic amines) is 1. The predicted molar refractivity (Wildman–Crippen MR) is 84.1 cm³/mol. The molecule has 5 heteroatoms. The van der Waals surface area contributed by atoms with Crippen LogP contribution in [-0.2, 0) is 4.79 Å². The van der Waals surface area contributed by atoms with Gasteiger partial charge in [-0.3, -0.25) is 9.69 Å². The fourth-order valence-corrected chi connectivity index (χ4v) is 3.31. The summed E-state index contributed by atoms with van der Waals surface area (Å²) in [5.41, 5.74) is 12.9. The third-order valence-corrected chi connectivity index (χ3v) is 4.47. The van der Waals surface area contributed by atoms with Crippen LogP contribution in [0, 0.1) is 0 Å². The van der Waals surface area contributed by atoms with Crippen LogP contribution in [0.1, 0.15) is 37.8 Å². The molecule has 1 fully saturated rings. The number of halogens is 1. The molecule has 3 atom stereocenters. The van der Waals surface area contributed by atoms with Crippen molar-refractivity contribution in [2.75, 3.05) is 6.54 Å². The van der Waals surface area contributed by atoms with E-state index in [0.29, 0.717) is 0 Å². The fourth-order valence-electron chi connectivity index (χ4n) is 3.05. The molecule has 1 aromatic carbocycles. The first-order valence-corrected chi connectivity index (χ1v) is 7.86. The summed E-state index contributed by atoms with van der Waals surface area (Å²) in [5, 5.41) is 0. The van der Waals surface area contributed by atoms with Crippen LogP contribution in [-0.4, -0.2) is 29.4 Å². The van der Waals surface area contributed by atoms with Crippen molar-refractivity contribution in [2.45, 2.75) is 44.3 Å². The number of piperidine rings is 1. The van der Waals surface area contributed by atoms with Crippen LogP contribution in [0.25, 0.3) is 0 Å². The third-order valence-electron chi connectivity index (χ3n) is 3.94. The monoisotopic (exact) mass is 339 g/mol. The van der Waals surface area contributed by atoms with Crippen molar-refractivity contribution in [3.05, 3.63) is 34.3 Å². The number of nitrogens with zero attached hydrogens (tertiary/aromatic N) is 1. The van der Waals surface area contributed by atoms with Gasteiger partial charge in [-0.15, -0.1) is 0 Å². The average molecular weight is 340 g/mol. The number of hydrogen-bond donors (Lipinski definition) is 2. The molecule has 110 valence electrons. The Bertz CT molecular complexity index is 461. The molecule has 1 amide bonds. The van der Waals surface area contributed by atoms with Gasteiger partial charge in [-0.25, -0.2) is 0 Å². The van der Waals surface area contributed by atoms with Crippen LogP contribution in [0.2, 0.25) is 0 Å². The zero-order chi connectivity index (χ0) is 14.7. The van der Waals surface area contributed by atoms with Gasteiger partial charge in [-0.1, -0.05) is 34.5 Å². The van der Waals surface area contributed by atoms with Crippen molar-refractivity contribution in [1.29, 1.82) is 0 Å². The number of primary amides is 1. The molecule has 0 spiro atoms. The maximum Gasteiger partial charge on any atom is 0.234 e. The molecule has 2 rings (SSSR count). The molecule has 1 aliphatic heterocycles. The summed E-state index contributed by atoms with van der Waals surface area (Å²) in [6, 6.07) is 7.90. The zero-order valence-corrected chi connectivity index (χ0v) is 13.3. The highest BCUT2D eigenvalue weighted by molar-refractivity contribution is 9.10. The van der Waals surface area contributed by atoms with E-state index in [1.807, 2.05) is 19.1 Å². The van der Waals surface area contributed by atoms with E-state index in [2.05, 4.69) is 33.0 Å². The summed E-state index contributed by atoms with van der Waals surface area (Å²) in [5.74, 6) is -0.243. The van der Waals surface area contributed by atoms with Gasteiger partial charge < -0.3 is 11.5 Å². The molecule has 1 saturated heterocycles. The number of amides is 1. The van der Waals surface area contributed by atoms with Gasteiger partial charge in [0.25, 0.3) is 0 Å². The number of nitrogens with two attached hydrogens (primary N) is 2. The summed E-state index contributed by atoms with van der Waals surface area (Å²) >= 11 is 3.44. The molecule has 4 N–H and O–H groups in total. The van der Waals surface area contributed by atoms with E-state index < -0.39 is 0 Å². The highest BCUT2D eigenvalue weighted by Gasteiger charge is 2.34. The van der Waals surface area contributed by atoms with Gasteiger partial charge in [0.2, 0.25) is 5.91 Å². The summed E-state index contributed by atoms with van der Waals surface area (Å²) in [6.45, 7) is 2.86. The van der Waals surface area contributed by atoms with Crippen molar-refractivity contribution < 1.29 is 4.79 Å². The normalized spacial score (nSPS) is 23.2. The van der Waals surface area contributed by atoms with Crippen LogP contribution in [0.15, 0.2) is 28.7 Å². The SMILES string of the molecule is CC(N)C(c1ccc(Br)cc1)N1CCCCC1C(N)=O. The van der Waals surface area contributed by atoms with Gasteiger partial charge in [0, 0.05) is 10.5 Å². The Kier molecular flexibility index (Phi) is 5.18. The summed E-state index contributed by atoms with van der Waals surface area (Å²) < 4.78 is 1.04. The minimum absolute atomic E-state index is 0.0286. The number of carbonyl (C=O) groups is 1. The Balaban J connectivity index is 2.31. The molecule has 0 saturated carbocycles. The molecule has 3 unspecified atom stereocenters. The molecule has 0 aromatic heterocycles. The Morgan fingerprint density at radius 2 is 2.00 bits per heavy atom. The first-order chi connectivity index (χ1) is 9.50. The fraction of sp³-hybridized carbons (Fsp3) is 0.533. The number of rotatable bonds is 4. The Morgan fingerprint density at radius 3 is 2.55 bits per heavy atom. The second-order valence-electron chi connectivity index (χ2n) is 5.51.